The molecule has 3 aromatic rings. The molecule has 4 nitrogen and oxygen atoms in total. The Labute approximate surface area is 140 Å². The average molecular weight is 319 g/mol. The lowest BCUT2D eigenvalue weighted by molar-refractivity contribution is 0.0935. The minimum absolute atomic E-state index is 0.111. The number of fused-ring (bicyclic) bond motifs is 2. The number of hydrogen-bond acceptors (Lipinski definition) is 3. The van der Waals surface area contributed by atoms with Gasteiger partial charge in [0.05, 0.1) is 11.6 Å². The third-order valence-corrected chi connectivity index (χ3v) is 4.26. The average Bonchev–Trinajstić information content (AvgIpc) is 3.09. The van der Waals surface area contributed by atoms with Gasteiger partial charge in [0.2, 0.25) is 6.79 Å². The van der Waals surface area contributed by atoms with Gasteiger partial charge in [-0.25, -0.2) is 0 Å². The zero-order chi connectivity index (χ0) is 16.5. The number of para-hydroxylation sites is 1. The van der Waals surface area contributed by atoms with Crippen LogP contribution in [0, 0.1) is 0 Å². The number of amides is 1. The van der Waals surface area contributed by atoms with Gasteiger partial charge in [-0.15, -0.1) is 0 Å². The second kappa shape index (κ2) is 5.89. The van der Waals surface area contributed by atoms with E-state index < -0.39 is 0 Å². The van der Waals surface area contributed by atoms with Crippen LogP contribution >= 0.6 is 0 Å². The van der Waals surface area contributed by atoms with Crippen molar-refractivity contribution in [2.45, 2.75) is 13.0 Å². The molecule has 0 aliphatic carbocycles. The molecular formula is C20H17NO3. The van der Waals surface area contributed by atoms with Crippen LogP contribution in [0.3, 0.4) is 0 Å². The molecule has 1 aliphatic heterocycles. The summed E-state index contributed by atoms with van der Waals surface area (Å²) in [5.41, 5.74) is 1.56. The number of nitrogens with one attached hydrogen (secondary N) is 1. The smallest absolute Gasteiger partial charge is 0.255 e. The van der Waals surface area contributed by atoms with Gasteiger partial charge in [0.1, 0.15) is 0 Å². The SMILES string of the molecule is CC(NC(=O)c1cccc2c1OCO2)c1ccc2ccccc2c1. The summed E-state index contributed by atoms with van der Waals surface area (Å²) in [6.07, 6.45) is 0. The molecule has 4 rings (SSSR count). The molecule has 1 unspecified atom stereocenters. The van der Waals surface area contributed by atoms with E-state index in [-0.39, 0.29) is 18.7 Å². The van der Waals surface area contributed by atoms with Crippen molar-refractivity contribution in [2.75, 3.05) is 6.79 Å². The fraction of sp³-hybridized carbons (Fsp3) is 0.150. The number of rotatable bonds is 3. The molecule has 1 N–H and O–H groups in total. The summed E-state index contributed by atoms with van der Waals surface area (Å²) in [5, 5.41) is 5.38. The van der Waals surface area contributed by atoms with Crippen LogP contribution in [0.4, 0.5) is 0 Å². The molecule has 1 aliphatic rings. The maximum atomic E-state index is 12.6. The maximum absolute atomic E-state index is 12.6. The van der Waals surface area contributed by atoms with Gasteiger partial charge in [-0.05, 0) is 41.5 Å². The first-order valence-corrected chi connectivity index (χ1v) is 7.90. The zero-order valence-electron chi connectivity index (χ0n) is 13.3. The minimum atomic E-state index is -0.169. The molecule has 0 bridgehead atoms. The lowest BCUT2D eigenvalue weighted by Gasteiger charge is -2.16. The summed E-state index contributed by atoms with van der Waals surface area (Å²) in [6.45, 7) is 2.13. The van der Waals surface area contributed by atoms with E-state index >= 15 is 0 Å². The van der Waals surface area contributed by atoms with Crippen molar-refractivity contribution in [3.63, 3.8) is 0 Å². The van der Waals surface area contributed by atoms with Crippen molar-refractivity contribution in [3.05, 3.63) is 71.8 Å². The summed E-state index contributed by atoms with van der Waals surface area (Å²) in [7, 11) is 0. The van der Waals surface area contributed by atoms with Crippen LogP contribution < -0.4 is 14.8 Å². The van der Waals surface area contributed by atoms with Crippen molar-refractivity contribution < 1.29 is 14.3 Å². The lowest BCUT2D eigenvalue weighted by Crippen LogP contribution is -2.26. The van der Waals surface area contributed by atoms with Crippen molar-refractivity contribution in [3.8, 4) is 11.5 Å². The third kappa shape index (κ3) is 2.56. The monoisotopic (exact) mass is 319 g/mol. The van der Waals surface area contributed by atoms with Crippen molar-refractivity contribution in [1.82, 2.24) is 5.32 Å². The first-order valence-electron chi connectivity index (χ1n) is 7.90. The highest BCUT2D eigenvalue weighted by Gasteiger charge is 2.22. The molecule has 0 aromatic heterocycles. The Balaban J connectivity index is 1.58. The molecule has 1 atom stereocenters. The predicted octanol–water partition coefficient (Wildman–Crippen LogP) is 4.06. The Morgan fingerprint density at radius 2 is 1.83 bits per heavy atom. The minimum Gasteiger partial charge on any atom is -0.454 e. The van der Waals surface area contributed by atoms with Crippen molar-refractivity contribution >= 4 is 16.7 Å². The third-order valence-electron chi connectivity index (χ3n) is 4.26. The standard InChI is InChI=1S/C20H17NO3/c1-13(15-10-9-14-5-2-3-6-16(14)11-15)21-20(22)17-7-4-8-18-19(17)24-12-23-18/h2-11,13H,12H2,1H3,(H,21,22). The Bertz CT molecular complexity index is 920. The van der Waals surface area contributed by atoms with Crippen LogP contribution in [0.25, 0.3) is 10.8 Å². The molecule has 24 heavy (non-hydrogen) atoms. The van der Waals surface area contributed by atoms with E-state index in [2.05, 4.69) is 29.6 Å². The van der Waals surface area contributed by atoms with E-state index in [1.165, 1.54) is 5.39 Å². The van der Waals surface area contributed by atoms with E-state index in [9.17, 15) is 4.79 Å². The normalized spacial score (nSPS) is 13.7. The topological polar surface area (TPSA) is 47.6 Å². The number of hydrogen-bond donors (Lipinski definition) is 1. The molecule has 0 saturated carbocycles. The van der Waals surface area contributed by atoms with E-state index in [0.29, 0.717) is 17.1 Å². The van der Waals surface area contributed by atoms with Crippen molar-refractivity contribution in [1.29, 1.82) is 0 Å². The lowest BCUT2D eigenvalue weighted by atomic mass is 10.0. The molecular weight excluding hydrogens is 302 g/mol. The Hall–Kier alpha value is -3.01. The van der Waals surface area contributed by atoms with Gasteiger partial charge in [0.15, 0.2) is 11.5 Å². The second-order valence-electron chi connectivity index (χ2n) is 5.84. The number of carbonyl (C=O) groups is 1. The summed E-state index contributed by atoms with van der Waals surface area (Å²) >= 11 is 0. The maximum Gasteiger partial charge on any atom is 0.255 e. The van der Waals surface area contributed by atoms with Crippen LogP contribution in [0.1, 0.15) is 28.9 Å². The van der Waals surface area contributed by atoms with Gasteiger partial charge in [-0.2, -0.15) is 0 Å². The van der Waals surface area contributed by atoms with E-state index in [0.717, 1.165) is 10.9 Å². The van der Waals surface area contributed by atoms with Gasteiger partial charge < -0.3 is 14.8 Å². The van der Waals surface area contributed by atoms with Crippen LogP contribution in [0.15, 0.2) is 60.7 Å². The van der Waals surface area contributed by atoms with Gasteiger partial charge >= 0.3 is 0 Å². The van der Waals surface area contributed by atoms with Crippen LogP contribution in [0.5, 0.6) is 11.5 Å². The molecule has 0 spiro atoms. The highest BCUT2D eigenvalue weighted by Crippen LogP contribution is 2.35. The molecule has 1 heterocycles. The highest BCUT2D eigenvalue weighted by atomic mass is 16.7. The first-order chi connectivity index (χ1) is 11.7. The molecule has 0 radical (unpaired) electrons. The van der Waals surface area contributed by atoms with Gasteiger partial charge in [0, 0.05) is 0 Å². The van der Waals surface area contributed by atoms with Crippen LogP contribution in [-0.4, -0.2) is 12.7 Å². The van der Waals surface area contributed by atoms with Crippen molar-refractivity contribution in [2.24, 2.45) is 0 Å². The van der Waals surface area contributed by atoms with Gasteiger partial charge in [-0.3, -0.25) is 4.79 Å². The molecule has 1 amide bonds. The van der Waals surface area contributed by atoms with Gasteiger partial charge in [-0.1, -0.05) is 42.5 Å². The Morgan fingerprint density at radius 3 is 2.71 bits per heavy atom. The zero-order valence-corrected chi connectivity index (χ0v) is 13.3. The van der Waals surface area contributed by atoms with E-state index in [1.54, 1.807) is 18.2 Å². The largest absolute Gasteiger partial charge is 0.454 e. The molecule has 0 fully saturated rings. The van der Waals surface area contributed by atoms with E-state index in [1.807, 2.05) is 25.1 Å². The van der Waals surface area contributed by atoms with Gasteiger partial charge in [0.25, 0.3) is 5.91 Å². The summed E-state index contributed by atoms with van der Waals surface area (Å²) in [5.74, 6) is 0.958. The fourth-order valence-electron chi connectivity index (χ4n) is 2.94. The van der Waals surface area contributed by atoms with E-state index in [4.69, 9.17) is 9.47 Å². The number of ether oxygens (including phenoxy) is 2. The molecule has 4 heteroatoms. The predicted molar refractivity (Wildman–Crippen MR) is 92.4 cm³/mol. The first kappa shape index (κ1) is 14.6. The van der Waals surface area contributed by atoms with Crippen LogP contribution in [-0.2, 0) is 0 Å². The second-order valence-corrected chi connectivity index (χ2v) is 5.84. The van der Waals surface area contributed by atoms with Crippen LogP contribution in [0.2, 0.25) is 0 Å². The molecule has 3 aromatic carbocycles. The number of carbonyl (C=O) groups excluding carboxylic acids is 1. The Morgan fingerprint density at radius 1 is 1.00 bits per heavy atom. The highest BCUT2D eigenvalue weighted by molar-refractivity contribution is 5.98. The quantitative estimate of drug-likeness (QED) is 0.792. The summed E-state index contributed by atoms with van der Waals surface area (Å²) < 4.78 is 10.7. The summed E-state index contributed by atoms with van der Waals surface area (Å²) in [4.78, 5) is 12.6. The summed E-state index contributed by atoms with van der Waals surface area (Å²) in [6, 6.07) is 19.6. The molecule has 0 saturated heterocycles. The molecule has 120 valence electrons. The fourth-order valence-corrected chi connectivity index (χ4v) is 2.94. The Kier molecular flexibility index (Phi) is 3.58. The number of benzene rings is 3.